The first-order valence-electron chi connectivity index (χ1n) is 6.03. The molecule has 104 valence electrons. The number of rotatable bonds is 2. The predicted molar refractivity (Wildman–Crippen MR) is 79.6 cm³/mol. The highest BCUT2D eigenvalue weighted by atomic mass is 35.5. The quantitative estimate of drug-likeness (QED) is 0.529. The lowest BCUT2D eigenvalue weighted by Crippen LogP contribution is -2.01. The molecule has 21 heavy (non-hydrogen) atoms. The molecule has 5 nitrogen and oxygen atoms in total. The van der Waals surface area contributed by atoms with Gasteiger partial charge >= 0.3 is 0 Å². The van der Waals surface area contributed by atoms with Gasteiger partial charge in [0.05, 0.1) is 15.9 Å². The second kappa shape index (κ2) is 5.03. The van der Waals surface area contributed by atoms with Crippen LogP contribution in [0.5, 0.6) is 0 Å². The molecule has 0 aliphatic rings. The van der Waals surface area contributed by atoms with Crippen LogP contribution in [0.2, 0.25) is 5.02 Å². The molecule has 6 heteroatoms. The molecule has 0 unspecified atom stereocenters. The molecule has 0 bridgehead atoms. The van der Waals surface area contributed by atoms with Gasteiger partial charge in [0.25, 0.3) is 5.69 Å². The molecular formula is C15H8ClNO4. The zero-order chi connectivity index (χ0) is 15.0. The molecule has 0 saturated heterocycles. The van der Waals surface area contributed by atoms with Crippen molar-refractivity contribution in [3.05, 3.63) is 73.9 Å². The van der Waals surface area contributed by atoms with E-state index in [0.717, 1.165) is 0 Å². The van der Waals surface area contributed by atoms with E-state index in [9.17, 15) is 14.9 Å². The molecule has 2 aromatic carbocycles. The Morgan fingerprint density at radius 2 is 1.86 bits per heavy atom. The summed E-state index contributed by atoms with van der Waals surface area (Å²) in [7, 11) is 0. The Kier molecular flexibility index (Phi) is 3.19. The highest BCUT2D eigenvalue weighted by Crippen LogP contribution is 2.32. The van der Waals surface area contributed by atoms with Crippen LogP contribution in [0.4, 0.5) is 5.69 Å². The van der Waals surface area contributed by atoms with Crippen LogP contribution in [0.3, 0.4) is 0 Å². The number of benzene rings is 2. The summed E-state index contributed by atoms with van der Waals surface area (Å²) in [4.78, 5) is 22.6. The number of nitrogens with zero attached hydrogens (tertiary/aromatic N) is 1. The lowest BCUT2D eigenvalue weighted by Gasteiger charge is -2.04. The number of nitro groups is 1. The minimum Gasteiger partial charge on any atom is -0.456 e. The number of fused-ring (bicyclic) bond motifs is 1. The van der Waals surface area contributed by atoms with Crippen LogP contribution >= 0.6 is 11.6 Å². The Balaban J connectivity index is 2.33. The summed E-state index contributed by atoms with van der Waals surface area (Å²) in [6.45, 7) is 0. The van der Waals surface area contributed by atoms with E-state index in [-0.39, 0.29) is 22.4 Å². The average Bonchev–Trinajstić information content (AvgIpc) is 2.46. The minimum atomic E-state index is -0.541. The molecule has 1 aromatic heterocycles. The highest BCUT2D eigenvalue weighted by Gasteiger charge is 2.18. The monoisotopic (exact) mass is 301 g/mol. The smallest absolute Gasteiger partial charge is 0.280 e. The van der Waals surface area contributed by atoms with Crippen LogP contribution in [0.15, 0.2) is 57.7 Å². The van der Waals surface area contributed by atoms with Gasteiger partial charge in [0.1, 0.15) is 11.3 Å². The van der Waals surface area contributed by atoms with Gasteiger partial charge in [0, 0.05) is 17.2 Å². The third-order valence-corrected chi connectivity index (χ3v) is 3.29. The first-order chi connectivity index (χ1) is 10.1. The molecule has 0 radical (unpaired) electrons. The number of hydrogen-bond donors (Lipinski definition) is 0. The van der Waals surface area contributed by atoms with Crippen LogP contribution in [-0.4, -0.2) is 4.92 Å². The standard InChI is InChI=1S/C15H8ClNO4/c16-9-5-6-12(17(19)20)11(7-9)15-8-13(18)10-3-1-2-4-14(10)21-15/h1-8H. The Bertz CT molecular complexity index is 917. The SMILES string of the molecule is O=c1cc(-c2cc(Cl)ccc2[N+](=O)[O-])oc2ccccc12. The third kappa shape index (κ3) is 2.39. The van der Waals surface area contributed by atoms with E-state index in [1.807, 2.05) is 0 Å². The van der Waals surface area contributed by atoms with Crippen molar-refractivity contribution in [2.24, 2.45) is 0 Å². The summed E-state index contributed by atoms with van der Waals surface area (Å²) in [5.41, 5.74) is 0.114. The molecule has 1 heterocycles. The van der Waals surface area contributed by atoms with Crippen molar-refractivity contribution in [3.63, 3.8) is 0 Å². The van der Waals surface area contributed by atoms with Crippen LogP contribution in [0.1, 0.15) is 0 Å². The maximum absolute atomic E-state index is 12.1. The van der Waals surface area contributed by atoms with E-state index in [4.69, 9.17) is 16.0 Å². The minimum absolute atomic E-state index is 0.118. The van der Waals surface area contributed by atoms with Crippen LogP contribution in [0, 0.1) is 10.1 Å². The van der Waals surface area contributed by atoms with Crippen molar-refractivity contribution >= 4 is 28.3 Å². The lowest BCUT2D eigenvalue weighted by atomic mass is 10.1. The number of para-hydroxylation sites is 1. The fraction of sp³-hybridized carbons (Fsp3) is 0. The topological polar surface area (TPSA) is 73.3 Å². The normalized spacial score (nSPS) is 10.7. The summed E-state index contributed by atoms with van der Waals surface area (Å²) >= 11 is 5.89. The van der Waals surface area contributed by atoms with Gasteiger partial charge in [-0.25, -0.2) is 0 Å². The molecular weight excluding hydrogens is 294 g/mol. The van der Waals surface area contributed by atoms with Gasteiger partial charge in [-0.3, -0.25) is 14.9 Å². The molecule has 0 amide bonds. The van der Waals surface area contributed by atoms with Gasteiger partial charge in [-0.05, 0) is 24.3 Å². The van der Waals surface area contributed by atoms with Crippen LogP contribution in [-0.2, 0) is 0 Å². The molecule has 3 aromatic rings. The molecule has 0 aliphatic heterocycles. The Labute approximate surface area is 123 Å². The highest BCUT2D eigenvalue weighted by molar-refractivity contribution is 6.31. The van der Waals surface area contributed by atoms with Gasteiger partial charge in [0.15, 0.2) is 5.43 Å². The van der Waals surface area contributed by atoms with Gasteiger partial charge < -0.3 is 4.42 Å². The molecule has 0 N–H and O–H groups in total. The van der Waals surface area contributed by atoms with Crippen LogP contribution < -0.4 is 5.43 Å². The fourth-order valence-electron chi connectivity index (χ4n) is 2.10. The molecule has 3 rings (SSSR count). The van der Waals surface area contributed by atoms with E-state index in [1.165, 1.54) is 24.3 Å². The predicted octanol–water partition coefficient (Wildman–Crippen LogP) is 4.02. The van der Waals surface area contributed by atoms with Gasteiger partial charge in [-0.15, -0.1) is 0 Å². The Morgan fingerprint density at radius 3 is 2.62 bits per heavy atom. The maximum atomic E-state index is 12.1. The molecule has 0 saturated carbocycles. The van der Waals surface area contributed by atoms with E-state index in [0.29, 0.717) is 16.0 Å². The first kappa shape index (κ1) is 13.3. The zero-order valence-corrected chi connectivity index (χ0v) is 11.3. The van der Waals surface area contributed by atoms with Crippen LogP contribution in [0.25, 0.3) is 22.3 Å². The summed E-state index contributed by atoms with van der Waals surface area (Å²) in [6.07, 6.45) is 0. The average molecular weight is 302 g/mol. The van der Waals surface area contributed by atoms with Crippen molar-refractivity contribution in [2.75, 3.05) is 0 Å². The largest absolute Gasteiger partial charge is 0.456 e. The number of nitro benzene ring substituents is 1. The summed E-state index contributed by atoms with van der Waals surface area (Å²) in [6, 6.07) is 12.1. The lowest BCUT2D eigenvalue weighted by molar-refractivity contribution is -0.384. The van der Waals surface area contributed by atoms with E-state index in [2.05, 4.69) is 0 Å². The fourth-order valence-corrected chi connectivity index (χ4v) is 2.27. The summed E-state index contributed by atoms with van der Waals surface area (Å²) in [5.74, 6) is 0.118. The van der Waals surface area contributed by atoms with E-state index >= 15 is 0 Å². The second-order valence-electron chi connectivity index (χ2n) is 4.39. The number of halogens is 1. The van der Waals surface area contributed by atoms with Gasteiger partial charge in [-0.2, -0.15) is 0 Å². The molecule has 0 spiro atoms. The first-order valence-corrected chi connectivity index (χ1v) is 6.41. The van der Waals surface area contributed by atoms with Crippen molar-refractivity contribution in [1.29, 1.82) is 0 Å². The van der Waals surface area contributed by atoms with E-state index in [1.54, 1.807) is 24.3 Å². The maximum Gasteiger partial charge on any atom is 0.280 e. The third-order valence-electron chi connectivity index (χ3n) is 3.06. The molecule has 0 aliphatic carbocycles. The van der Waals surface area contributed by atoms with Crippen molar-refractivity contribution in [1.82, 2.24) is 0 Å². The second-order valence-corrected chi connectivity index (χ2v) is 4.83. The summed E-state index contributed by atoms with van der Waals surface area (Å²) < 4.78 is 5.61. The Hall–Kier alpha value is -2.66. The van der Waals surface area contributed by atoms with Gasteiger partial charge in [-0.1, -0.05) is 23.7 Å². The molecule has 0 fully saturated rings. The van der Waals surface area contributed by atoms with E-state index < -0.39 is 4.92 Å². The number of hydrogen-bond acceptors (Lipinski definition) is 4. The van der Waals surface area contributed by atoms with Crippen molar-refractivity contribution in [3.8, 4) is 11.3 Å². The van der Waals surface area contributed by atoms with Crippen molar-refractivity contribution in [2.45, 2.75) is 0 Å². The summed E-state index contributed by atoms with van der Waals surface area (Å²) in [5, 5.41) is 11.8. The van der Waals surface area contributed by atoms with Gasteiger partial charge in [0.2, 0.25) is 0 Å². The van der Waals surface area contributed by atoms with Crippen molar-refractivity contribution < 1.29 is 9.34 Å². The Morgan fingerprint density at radius 1 is 1.10 bits per heavy atom. The molecule has 0 atom stereocenters. The zero-order valence-electron chi connectivity index (χ0n) is 10.6.